The Morgan fingerprint density at radius 1 is 1.23 bits per heavy atom. The number of amides is 1. The number of ether oxygens (including phenoxy) is 1. The van der Waals surface area contributed by atoms with Crippen LogP contribution < -0.4 is 5.73 Å². The Morgan fingerprint density at radius 3 is 2.63 bits per heavy atom. The summed E-state index contributed by atoms with van der Waals surface area (Å²) >= 11 is 6.49. The molecule has 2 N–H and O–H groups in total. The van der Waals surface area contributed by atoms with E-state index in [2.05, 4.69) is 20.4 Å². The quantitative estimate of drug-likeness (QED) is 0.803. The number of hydrogen-bond donors (Lipinski definition) is 1. The van der Waals surface area contributed by atoms with Gasteiger partial charge in [0.2, 0.25) is 0 Å². The number of nitrogens with zero attached hydrogens (tertiary/aromatic N) is 5. The van der Waals surface area contributed by atoms with Crippen molar-refractivity contribution in [3.63, 3.8) is 0 Å². The van der Waals surface area contributed by atoms with Crippen LogP contribution in [0.15, 0.2) is 45.9 Å². The maximum Gasteiger partial charge on any atom is 0.255 e. The van der Waals surface area contributed by atoms with E-state index >= 15 is 0 Å². The summed E-state index contributed by atoms with van der Waals surface area (Å²) in [5, 5.41) is 12.5. The highest BCUT2D eigenvalue weighted by Crippen LogP contribution is 2.39. The van der Waals surface area contributed by atoms with E-state index in [9.17, 15) is 4.79 Å². The largest absolute Gasteiger partial charge is 0.383 e. The van der Waals surface area contributed by atoms with Gasteiger partial charge < -0.3 is 15.4 Å². The summed E-state index contributed by atoms with van der Waals surface area (Å²) in [4.78, 5) is 18.9. The second kappa shape index (κ2) is 8.12. The molecule has 30 heavy (non-hydrogen) atoms. The molecule has 156 valence electrons. The lowest BCUT2D eigenvalue weighted by molar-refractivity contribution is 0.0303. The zero-order valence-electron chi connectivity index (χ0n) is 16.9. The molecule has 0 saturated carbocycles. The van der Waals surface area contributed by atoms with Gasteiger partial charge in [-0.25, -0.2) is 4.98 Å². The third-order valence-electron chi connectivity index (χ3n) is 5.58. The summed E-state index contributed by atoms with van der Waals surface area (Å²) in [5.41, 5.74) is 8.31. The average Bonchev–Trinajstić information content (AvgIpc) is 3.25. The summed E-state index contributed by atoms with van der Waals surface area (Å²) in [7, 11) is 0. The number of hydrogen-bond acceptors (Lipinski definition) is 7. The lowest BCUT2D eigenvalue weighted by atomic mass is 9.81. The number of morpholine rings is 1. The second-order valence-corrected chi connectivity index (χ2v) is 8.08. The molecule has 0 bridgehead atoms. The first-order valence-electron chi connectivity index (χ1n) is 9.81. The van der Waals surface area contributed by atoms with Crippen LogP contribution in [0.1, 0.15) is 29.8 Å². The molecule has 3 heterocycles. The molecule has 1 atom stereocenters. The summed E-state index contributed by atoms with van der Waals surface area (Å²) in [6, 6.07) is 7.33. The molecule has 2 aliphatic heterocycles. The lowest BCUT2D eigenvalue weighted by Crippen LogP contribution is -2.40. The van der Waals surface area contributed by atoms with Gasteiger partial charge in [0.15, 0.2) is 5.54 Å². The van der Waals surface area contributed by atoms with Gasteiger partial charge in [-0.05, 0) is 34.9 Å². The molecule has 1 aromatic heterocycles. The fraction of sp³-hybridized carbons (Fsp3) is 0.381. The van der Waals surface area contributed by atoms with Crippen LogP contribution in [0.3, 0.4) is 0 Å². The first-order valence-corrected chi connectivity index (χ1v) is 10.2. The van der Waals surface area contributed by atoms with Gasteiger partial charge in [0.25, 0.3) is 5.91 Å². The molecule has 0 aliphatic carbocycles. The Morgan fingerprint density at radius 2 is 2.00 bits per heavy atom. The van der Waals surface area contributed by atoms with Crippen LogP contribution in [0.4, 0.5) is 5.82 Å². The number of anilines is 1. The van der Waals surface area contributed by atoms with Crippen LogP contribution in [0.5, 0.6) is 0 Å². The highest BCUT2D eigenvalue weighted by molar-refractivity contribution is 6.34. The summed E-state index contributed by atoms with van der Waals surface area (Å²) in [6.45, 7) is 6.28. The first kappa shape index (κ1) is 20.4. The number of rotatable bonds is 4. The van der Waals surface area contributed by atoms with E-state index < -0.39 is 5.54 Å². The Kier molecular flexibility index (Phi) is 5.53. The highest BCUT2D eigenvalue weighted by Gasteiger charge is 2.39. The topological polar surface area (TPSA) is 106 Å². The standard InChI is InChI=1S/C21H23ClN6O2/c1-13(2)21(12-25-27-26-21)17-9-15(11-24-19(17)23)14-3-4-16(18(22)10-14)20(29)28-5-7-30-8-6-28/h3-4,9-13H,5-8H2,1-2H3,(H2,23,24). The van der Waals surface area contributed by atoms with E-state index in [0.29, 0.717) is 42.7 Å². The molecule has 2 aliphatic rings. The predicted molar refractivity (Wildman–Crippen MR) is 116 cm³/mol. The zero-order chi connectivity index (χ0) is 21.3. The predicted octanol–water partition coefficient (Wildman–Crippen LogP) is 3.76. The van der Waals surface area contributed by atoms with Crippen molar-refractivity contribution in [3.8, 4) is 11.1 Å². The zero-order valence-corrected chi connectivity index (χ0v) is 17.6. The van der Waals surface area contributed by atoms with Crippen molar-refractivity contribution in [3.05, 3.63) is 46.6 Å². The molecule has 8 nitrogen and oxygen atoms in total. The fourth-order valence-corrected chi connectivity index (χ4v) is 3.96. The number of carbonyl (C=O) groups excluding carboxylic acids is 1. The van der Waals surface area contributed by atoms with Gasteiger partial charge >= 0.3 is 0 Å². The highest BCUT2D eigenvalue weighted by atomic mass is 35.5. The number of halogens is 1. The van der Waals surface area contributed by atoms with Gasteiger partial charge in [-0.3, -0.25) is 4.79 Å². The maximum absolute atomic E-state index is 12.8. The Bertz CT molecular complexity index is 1020. The van der Waals surface area contributed by atoms with Gasteiger partial charge in [-0.15, -0.1) is 5.10 Å². The van der Waals surface area contributed by atoms with Gasteiger partial charge in [0, 0.05) is 30.4 Å². The third kappa shape index (κ3) is 3.57. The molecule has 1 aromatic carbocycles. The van der Waals surface area contributed by atoms with E-state index in [-0.39, 0.29) is 11.8 Å². The van der Waals surface area contributed by atoms with Crippen molar-refractivity contribution >= 4 is 29.5 Å². The molecule has 9 heteroatoms. The van der Waals surface area contributed by atoms with Gasteiger partial charge in [-0.1, -0.05) is 31.5 Å². The molecule has 1 fully saturated rings. The molecule has 1 amide bonds. The smallest absolute Gasteiger partial charge is 0.255 e. The van der Waals surface area contributed by atoms with Crippen molar-refractivity contribution in [2.45, 2.75) is 19.4 Å². The van der Waals surface area contributed by atoms with Gasteiger partial charge in [-0.2, -0.15) is 5.11 Å². The van der Waals surface area contributed by atoms with Crippen molar-refractivity contribution in [1.82, 2.24) is 9.88 Å². The summed E-state index contributed by atoms with van der Waals surface area (Å²) in [6.07, 6.45) is 3.39. The Balaban J connectivity index is 1.68. The fourth-order valence-electron chi connectivity index (χ4n) is 3.70. The maximum atomic E-state index is 12.8. The molecule has 0 radical (unpaired) electrons. The third-order valence-corrected chi connectivity index (χ3v) is 5.89. The molecular formula is C21H23ClN6O2. The Labute approximate surface area is 179 Å². The van der Waals surface area contributed by atoms with Crippen LogP contribution in [-0.4, -0.2) is 48.3 Å². The van der Waals surface area contributed by atoms with Gasteiger partial charge in [0.1, 0.15) is 5.82 Å². The van der Waals surface area contributed by atoms with E-state index in [1.165, 1.54) is 0 Å². The first-order chi connectivity index (χ1) is 14.4. The van der Waals surface area contributed by atoms with Crippen LogP contribution >= 0.6 is 11.6 Å². The minimum Gasteiger partial charge on any atom is -0.383 e. The monoisotopic (exact) mass is 426 g/mol. The average molecular weight is 427 g/mol. The van der Waals surface area contributed by atoms with E-state index in [4.69, 9.17) is 22.1 Å². The SMILES string of the molecule is CC(C)C1(c2cc(-c3ccc(C(=O)N4CCOCC4)c(Cl)c3)cnc2N)C=NN=N1. The van der Waals surface area contributed by atoms with Crippen molar-refractivity contribution < 1.29 is 9.53 Å². The van der Waals surface area contributed by atoms with E-state index in [0.717, 1.165) is 16.7 Å². The van der Waals surface area contributed by atoms with Crippen LogP contribution in [0, 0.1) is 5.92 Å². The Hall–Kier alpha value is -2.84. The molecule has 0 spiro atoms. The number of nitrogen functional groups attached to an aromatic ring is 1. The minimum absolute atomic E-state index is 0.0870. The lowest BCUT2D eigenvalue weighted by Gasteiger charge is -2.27. The number of benzene rings is 1. The molecular weight excluding hydrogens is 404 g/mol. The number of nitrogens with two attached hydrogens (primary N) is 1. The normalized spacial score (nSPS) is 20.9. The van der Waals surface area contributed by atoms with Gasteiger partial charge in [0.05, 0.1) is 30.0 Å². The van der Waals surface area contributed by atoms with Crippen LogP contribution in [0.25, 0.3) is 11.1 Å². The summed E-state index contributed by atoms with van der Waals surface area (Å²) in [5.74, 6) is 0.376. The number of aromatic nitrogens is 1. The molecule has 4 rings (SSSR count). The summed E-state index contributed by atoms with van der Waals surface area (Å²) < 4.78 is 5.31. The van der Waals surface area contributed by atoms with Crippen molar-refractivity contribution in [2.75, 3.05) is 32.0 Å². The molecule has 2 aromatic rings. The molecule has 1 saturated heterocycles. The van der Waals surface area contributed by atoms with Crippen molar-refractivity contribution in [2.24, 2.45) is 21.4 Å². The van der Waals surface area contributed by atoms with Crippen LogP contribution in [-0.2, 0) is 10.3 Å². The van der Waals surface area contributed by atoms with E-state index in [1.807, 2.05) is 26.0 Å². The van der Waals surface area contributed by atoms with Crippen LogP contribution in [0.2, 0.25) is 5.02 Å². The molecule has 1 unspecified atom stereocenters. The van der Waals surface area contributed by atoms with Crippen molar-refractivity contribution in [1.29, 1.82) is 0 Å². The second-order valence-electron chi connectivity index (χ2n) is 7.67. The number of pyridine rings is 1. The van der Waals surface area contributed by atoms with E-state index in [1.54, 1.807) is 29.4 Å². The minimum atomic E-state index is -0.747. The number of carbonyl (C=O) groups is 1.